The van der Waals surface area contributed by atoms with Crippen LogP contribution in [-0.4, -0.2) is 35.0 Å². The van der Waals surface area contributed by atoms with E-state index >= 15 is 0 Å². The lowest BCUT2D eigenvalue weighted by atomic mass is 9.47. The summed E-state index contributed by atoms with van der Waals surface area (Å²) >= 11 is 0. The zero-order valence-electron chi connectivity index (χ0n) is 18.2. The molecule has 7 atom stereocenters. The van der Waals surface area contributed by atoms with Gasteiger partial charge < -0.3 is 15.6 Å². The summed E-state index contributed by atoms with van der Waals surface area (Å²) in [6, 6.07) is -1.02. The van der Waals surface area contributed by atoms with Gasteiger partial charge in [0, 0.05) is 18.3 Å². The van der Waals surface area contributed by atoms with Crippen LogP contribution in [0.4, 0.5) is 0 Å². The van der Waals surface area contributed by atoms with Gasteiger partial charge in [0.2, 0.25) is 0 Å². The van der Waals surface area contributed by atoms with Crippen LogP contribution in [0.2, 0.25) is 0 Å². The minimum atomic E-state index is -1.09. The molecular formula is C24H35NO5. The van der Waals surface area contributed by atoms with Gasteiger partial charge in [-0.25, -0.2) is 0 Å². The molecule has 4 rings (SSSR count). The molecule has 0 bridgehead atoms. The molecule has 0 aromatic carbocycles. The maximum Gasteiger partial charge on any atom is 0.320 e. The van der Waals surface area contributed by atoms with Gasteiger partial charge in [0.1, 0.15) is 12.1 Å². The second-order valence-corrected chi connectivity index (χ2v) is 10.6. The van der Waals surface area contributed by atoms with Crippen molar-refractivity contribution in [1.82, 2.24) is 0 Å². The first-order valence-corrected chi connectivity index (χ1v) is 11.6. The molecule has 3 saturated carbocycles. The molecule has 166 valence electrons. The van der Waals surface area contributed by atoms with E-state index in [1.165, 1.54) is 5.57 Å². The van der Waals surface area contributed by atoms with Crippen molar-refractivity contribution < 1.29 is 24.2 Å². The molecule has 6 nitrogen and oxygen atoms in total. The lowest BCUT2D eigenvalue weighted by molar-refractivity contribution is -0.160. The van der Waals surface area contributed by atoms with Crippen molar-refractivity contribution in [3.05, 3.63) is 11.6 Å². The Morgan fingerprint density at radius 2 is 1.93 bits per heavy atom. The predicted octanol–water partition coefficient (Wildman–Crippen LogP) is 3.62. The quantitative estimate of drug-likeness (QED) is 0.662. The number of hydrogen-bond acceptors (Lipinski definition) is 5. The van der Waals surface area contributed by atoms with Crippen molar-refractivity contribution in [1.29, 1.82) is 0 Å². The number of carboxylic acid groups (broad SMARTS) is 1. The van der Waals surface area contributed by atoms with Crippen molar-refractivity contribution >= 4 is 17.7 Å². The molecule has 0 heterocycles. The summed E-state index contributed by atoms with van der Waals surface area (Å²) in [5.74, 6) is 0.670. The number of ketones is 1. The fourth-order valence-electron chi connectivity index (χ4n) is 7.32. The first kappa shape index (κ1) is 21.5. The van der Waals surface area contributed by atoms with Crippen LogP contribution in [0, 0.1) is 28.6 Å². The van der Waals surface area contributed by atoms with Crippen LogP contribution in [0.15, 0.2) is 11.6 Å². The number of rotatable bonds is 5. The van der Waals surface area contributed by atoms with Gasteiger partial charge >= 0.3 is 11.9 Å². The Morgan fingerprint density at radius 1 is 1.17 bits per heavy atom. The molecule has 0 aliphatic heterocycles. The van der Waals surface area contributed by atoms with Gasteiger partial charge in [-0.15, -0.1) is 0 Å². The van der Waals surface area contributed by atoms with Crippen LogP contribution >= 0.6 is 0 Å². The number of nitrogens with two attached hydrogens (primary N) is 1. The predicted molar refractivity (Wildman–Crippen MR) is 111 cm³/mol. The van der Waals surface area contributed by atoms with Crippen LogP contribution in [-0.2, 0) is 19.1 Å². The molecular weight excluding hydrogens is 382 g/mol. The highest BCUT2D eigenvalue weighted by atomic mass is 16.5. The highest BCUT2D eigenvalue weighted by Crippen LogP contribution is 2.65. The number of ether oxygens (including phenoxy) is 1. The van der Waals surface area contributed by atoms with E-state index in [9.17, 15) is 14.4 Å². The number of fused-ring (bicyclic) bond motifs is 5. The maximum absolute atomic E-state index is 12.4. The third kappa shape index (κ3) is 3.51. The van der Waals surface area contributed by atoms with E-state index in [2.05, 4.69) is 13.8 Å². The average Bonchev–Trinajstić information content (AvgIpc) is 3.03. The number of carbonyl (C=O) groups is 3. The lowest BCUT2D eigenvalue weighted by Gasteiger charge is -2.57. The summed E-state index contributed by atoms with van der Waals surface area (Å²) in [6.07, 6.45) is 9.95. The number of esters is 1. The minimum absolute atomic E-state index is 0.00615. The van der Waals surface area contributed by atoms with E-state index in [4.69, 9.17) is 15.6 Å². The van der Waals surface area contributed by atoms with Crippen LogP contribution in [0.3, 0.4) is 0 Å². The second kappa shape index (κ2) is 7.77. The van der Waals surface area contributed by atoms with Gasteiger partial charge in [-0.3, -0.25) is 14.4 Å². The van der Waals surface area contributed by atoms with E-state index in [-0.39, 0.29) is 41.5 Å². The van der Waals surface area contributed by atoms with E-state index in [0.717, 1.165) is 44.9 Å². The summed E-state index contributed by atoms with van der Waals surface area (Å²) in [5.41, 5.74) is 7.04. The Kier molecular flexibility index (Phi) is 5.58. The first-order valence-electron chi connectivity index (χ1n) is 11.6. The number of carbonyl (C=O) groups excluding carboxylic acids is 2. The fourth-order valence-corrected chi connectivity index (χ4v) is 7.32. The third-order valence-electron chi connectivity index (χ3n) is 9.13. The second-order valence-electron chi connectivity index (χ2n) is 10.6. The van der Waals surface area contributed by atoms with Crippen molar-refractivity contribution in [3.8, 4) is 0 Å². The standard InChI is InChI=1S/C24H35NO5/c1-23-11-9-15(26)13-14(23)3-4-16-17-5-7-20(24(17,2)12-10-18(16)23)30-21(27)8-6-19(25)22(28)29/h13,16-20H,3-12,25H2,1-2H3,(H,28,29). The summed E-state index contributed by atoms with van der Waals surface area (Å²) in [4.78, 5) is 35.2. The van der Waals surface area contributed by atoms with Crippen LogP contribution in [0.25, 0.3) is 0 Å². The molecule has 0 aromatic heterocycles. The third-order valence-corrected chi connectivity index (χ3v) is 9.13. The monoisotopic (exact) mass is 417 g/mol. The van der Waals surface area contributed by atoms with Crippen molar-refractivity contribution in [2.75, 3.05) is 0 Å². The Morgan fingerprint density at radius 3 is 2.67 bits per heavy atom. The molecule has 0 radical (unpaired) electrons. The Balaban J connectivity index is 1.44. The van der Waals surface area contributed by atoms with Gasteiger partial charge in [0.25, 0.3) is 0 Å². The van der Waals surface area contributed by atoms with Gasteiger partial charge in [0.15, 0.2) is 5.78 Å². The largest absolute Gasteiger partial charge is 0.480 e. The summed E-state index contributed by atoms with van der Waals surface area (Å²) < 4.78 is 5.90. The average molecular weight is 418 g/mol. The molecule has 4 aliphatic rings. The molecule has 4 aliphatic carbocycles. The zero-order valence-corrected chi connectivity index (χ0v) is 18.2. The number of hydrogen-bond donors (Lipinski definition) is 2. The van der Waals surface area contributed by atoms with E-state index in [1.807, 2.05) is 6.08 Å². The Labute approximate surface area is 178 Å². The molecule has 0 aromatic rings. The van der Waals surface area contributed by atoms with E-state index in [1.54, 1.807) is 0 Å². The first-order chi connectivity index (χ1) is 14.1. The highest BCUT2D eigenvalue weighted by molar-refractivity contribution is 5.91. The normalized spacial score (nSPS) is 41.2. The minimum Gasteiger partial charge on any atom is -0.480 e. The molecule has 3 N–H and O–H groups in total. The van der Waals surface area contributed by atoms with Crippen LogP contribution in [0.1, 0.15) is 78.1 Å². The molecule has 30 heavy (non-hydrogen) atoms. The van der Waals surface area contributed by atoms with Crippen molar-refractivity contribution in [2.24, 2.45) is 34.3 Å². The van der Waals surface area contributed by atoms with E-state index < -0.39 is 12.0 Å². The van der Waals surface area contributed by atoms with Crippen molar-refractivity contribution in [2.45, 2.75) is 90.2 Å². The van der Waals surface area contributed by atoms with E-state index in [0.29, 0.717) is 24.2 Å². The summed E-state index contributed by atoms with van der Waals surface area (Å²) in [6.45, 7) is 4.67. The SMILES string of the molecule is CC12CCC(=O)C=C1CCC1C2CCC2(C)C(OC(=O)CCC(N)C(=O)O)CCC12. The fraction of sp³-hybridized carbons (Fsp3) is 0.792. The smallest absolute Gasteiger partial charge is 0.320 e. The van der Waals surface area contributed by atoms with Gasteiger partial charge in [-0.1, -0.05) is 19.4 Å². The molecule has 3 fully saturated rings. The topological polar surface area (TPSA) is 107 Å². The summed E-state index contributed by atoms with van der Waals surface area (Å²) in [7, 11) is 0. The Bertz CT molecular complexity index is 776. The van der Waals surface area contributed by atoms with Gasteiger partial charge in [-0.2, -0.15) is 0 Å². The molecule has 0 spiro atoms. The van der Waals surface area contributed by atoms with Crippen molar-refractivity contribution in [3.63, 3.8) is 0 Å². The van der Waals surface area contributed by atoms with Crippen LogP contribution in [0.5, 0.6) is 0 Å². The van der Waals surface area contributed by atoms with Crippen LogP contribution < -0.4 is 5.73 Å². The molecule has 0 saturated heterocycles. The number of carboxylic acids is 1. The molecule has 7 unspecified atom stereocenters. The Hall–Kier alpha value is -1.69. The number of allylic oxidation sites excluding steroid dienone is 1. The highest BCUT2D eigenvalue weighted by Gasteiger charge is 2.59. The number of aliphatic carboxylic acids is 1. The molecule has 0 amide bonds. The molecule has 6 heteroatoms. The van der Waals surface area contributed by atoms with Gasteiger partial charge in [0.05, 0.1) is 0 Å². The lowest BCUT2D eigenvalue weighted by Crippen LogP contribution is -2.51. The van der Waals surface area contributed by atoms with Gasteiger partial charge in [-0.05, 0) is 80.6 Å². The summed E-state index contributed by atoms with van der Waals surface area (Å²) in [5, 5.41) is 8.90. The zero-order chi connectivity index (χ0) is 21.7. The maximum atomic E-state index is 12.4.